The summed E-state index contributed by atoms with van der Waals surface area (Å²) in [6.45, 7) is 5.90. The number of thioether (sulfide) groups is 2. The Bertz CT molecular complexity index is 1140. The molecule has 11 heteroatoms. The average Bonchev–Trinajstić information content (AvgIpc) is 3.30. The van der Waals surface area contributed by atoms with Crippen molar-refractivity contribution in [1.82, 2.24) is 9.80 Å². The summed E-state index contributed by atoms with van der Waals surface area (Å²) < 4.78 is 10.9. The van der Waals surface area contributed by atoms with Crippen LogP contribution in [-0.2, 0) is 19.2 Å². The number of piperazine rings is 1. The number of hydrogen-bond acceptors (Lipinski definition) is 9. The van der Waals surface area contributed by atoms with E-state index in [1.165, 1.54) is 37.6 Å². The van der Waals surface area contributed by atoms with Crippen molar-refractivity contribution in [2.45, 2.75) is 49.9 Å². The van der Waals surface area contributed by atoms with Gasteiger partial charge in [0.2, 0.25) is 6.79 Å². The van der Waals surface area contributed by atoms with E-state index in [1.807, 2.05) is 0 Å². The highest BCUT2D eigenvalue weighted by molar-refractivity contribution is 8.16. The van der Waals surface area contributed by atoms with Crippen molar-refractivity contribution in [1.29, 1.82) is 5.26 Å². The first-order valence-electron chi connectivity index (χ1n) is 10.2. The van der Waals surface area contributed by atoms with Gasteiger partial charge in [0.05, 0.1) is 17.5 Å². The number of amides is 2. The van der Waals surface area contributed by atoms with E-state index in [0.717, 1.165) is 23.5 Å². The summed E-state index contributed by atoms with van der Waals surface area (Å²) in [6, 6.07) is 6.56. The molecule has 3 aliphatic heterocycles. The molecule has 0 aliphatic carbocycles. The van der Waals surface area contributed by atoms with Crippen LogP contribution < -0.4 is 9.47 Å². The van der Waals surface area contributed by atoms with Crippen molar-refractivity contribution >= 4 is 45.6 Å². The molecule has 0 N–H and O–H groups in total. The van der Waals surface area contributed by atoms with Gasteiger partial charge in [0.15, 0.2) is 31.5 Å². The van der Waals surface area contributed by atoms with Gasteiger partial charge in [-0.1, -0.05) is 17.8 Å². The molecule has 4 atom stereocenters. The molecule has 9 nitrogen and oxygen atoms in total. The quantitative estimate of drug-likeness (QED) is 0.631. The van der Waals surface area contributed by atoms with Crippen molar-refractivity contribution in [3.63, 3.8) is 0 Å². The second-order valence-electron chi connectivity index (χ2n) is 8.72. The minimum atomic E-state index is -1.61. The van der Waals surface area contributed by atoms with Crippen LogP contribution in [-0.4, -0.2) is 55.4 Å². The van der Waals surface area contributed by atoms with Crippen LogP contribution in [0.1, 0.15) is 45.7 Å². The number of fused-ring (bicyclic) bond motifs is 2. The highest BCUT2D eigenvalue weighted by Gasteiger charge is 2.71. The van der Waals surface area contributed by atoms with E-state index in [0.29, 0.717) is 17.1 Å². The molecule has 0 spiro atoms. The summed E-state index contributed by atoms with van der Waals surface area (Å²) in [5, 5.41) is 9.55. The standard InChI is InChI=1S/C22H23N3O6S2/c1-12(26)32-21(4)18(28)25-17(14-6-7-15-16(8-14)31-11-30-15)20(3,10-23)9-22(25,33-13(2)27)19(29)24(21)5/h6-8,17H,9,11H2,1-5H3/t17-,20+,21-,22?/m0/s1. The zero-order valence-corrected chi connectivity index (χ0v) is 20.5. The van der Waals surface area contributed by atoms with Gasteiger partial charge in [0.25, 0.3) is 11.8 Å². The molecular formula is C22H23N3O6S2. The molecule has 1 aromatic carbocycles. The largest absolute Gasteiger partial charge is 0.454 e. The third-order valence-corrected chi connectivity index (χ3v) is 8.65. The van der Waals surface area contributed by atoms with Crippen LogP contribution in [0.25, 0.3) is 0 Å². The van der Waals surface area contributed by atoms with Gasteiger partial charge in [-0.15, -0.1) is 0 Å². The molecule has 0 aromatic heterocycles. The monoisotopic (exact) mass is 489 g/mol. The first-order valence-corrected chi connectivity index (χ1v) is 11.8. The van der Waals surface area contributed by atoms with E-state index < -0.39 is 33.0 Å². The van der Waals surface area contributed by atoms with Gasteiger partial charge in [-0.05, 0) is 43.3 Å². The predicted octanol–water partition coefficient (Wildman–Crippen LogP) is 2.66. The Morgan fingerprint density at radius 1 is 1.09 bits per heavy atom. The predicted molar refractivity (Wildman–Crippen MR) is 121 cm³/mol. The molecule has 174 valence electrons. The molecule has 3 aliphatic rings. The Balaban J connectivity index is 1.96. The number of benzene rings is 1. The lowest BCUT2D eigenvalue weighted by Gasteiger charge is -2.52. The molecule has 0 saturated carbocycles. The van der Waals surface area contributed by atoms with E-state index >= 15 is 0 Å². The Labute approximate surface area is 199 Å². The summed E-state index contributed by atoms with van der Waals surface area (Å²) in [5.74, 6) is -0.000664. The van der Waals surface area contributed by atoms with Crippen LogP contribution in [0.4, 0.5) is 0 Å². The number of likely N-dealkylation sites (N-methyl/N-ethyl adjacent to an activating group) is 1. The molecule has 4 rings (SSSR count). The molecule has 33 heavy (non-hydrogen) atoms. The van der Waals surface area contributed by atoms with E-state index in [-0.39, 0.29) is 23.4 Å². The number of rotatable bonds is 3. The fourth-order valence-electron chi connectivity index (χ4n) is 4.92. The summed E-state index contributed by atoms with van der Waals surface area (Å²) in [6.07, 6.45) is -0.0460. The van der Waals surface area contributed by atoms with Gasteiger partial charge < -0.3 is 19.3 Å². The smallest absolute Gasteiger partial charge is 0.261 e. The van der Waals surface area contributed by atoms with E-state index in [2.05, 4.69) is 6.07 Å². The van der Waals surface area contributed by atoms with Crippen molar-refractivity contribution in [3.8, 4) is 17.6 Å². The molecule has 2 amide bonds. The fourth-order valence-corrected chi connectivity index (χ4v) is 7.24. The SMILES string of the molecule is CC(=O)SC12C[C@](C)(C#N)[C@H](c3ccc4c(c3)OCO4)N1C(=O)[C@](C)(SC(C)=O)N(C)C2=O. The van der Waals surface area contributed by atoms with Crippen molar-refractivity contribution in [2.75, 3.05) is 13.8 Å². The summed E-state index contributed by atoms with van der Waals surface area (Å²) in [7, 11) is 1.45. The molecular weight excluding hydrogens is 466 g/mol. The highest BCUT2D eigenvalue weighted by atomic mass is 32.2. The van der Waals surface area contributed by atoms with Crippen LogP contribution in [0.2, 0.25) is 0 Å². The Morgan fingerprint density at radius 3 is 2.33 bits per heavy atom. The minimum Gasteiger partial charge on any atom is -0.454 e. The highest BCUT2D eigenvalue weighted by Crippen LogP contribution is 2.62. The Kier molecular flexibility index (Phi) is 5.45. The van der Waals surface area contributed by atoms with E-state index in [9.17, 15) is 24.4 Å². The summed E-state index contributed by atoms with van der Waals surface area (Å²) in [4.78, 5) is 51.8. The molecule has 1 unspecified atom stereocenters. The lowest BCUT2D eigenvalue weighted by Crippen LogP contribution is -2.71. The maximum absolute atomic E-state index is 14.1. The van der Waals surface area contributed by atoms with Gasteiger partial charge in [-0.3, -0.25) is 19.2 Å². The number of carbonyl (C=O) groups is 4. The normalized spacial score (nSPS) is 32.5. The summed E-state index contributed by atoms with van der Waals surface area (Å²) in [5.41, 5.74) is -0.621. The Morgan fingerprint density at radius 2 is 1.73 bits per heavy atom. The van der Waals surface area contributed by atoms with Gasteiger partial charge in [0.1, 0.15) is 0 Å². The molecule has 1 aromatic rings. The van der Waals surface area contributed by atoms with Gasteiger partial charge in [-0.25, -0.2) is 0 Å². The van der Waals surface area contributed by atoms with Crippen LogP contribution in [0.15, 0.2) is 18.2 Å². The third-order valence-electron chi connectivity index (χ3n) is 6.37. The molecule has 3 heterocycles. The fraction of sp³-hybridized carbons (Fsp3) is 0.500. The van der Waals surface area contributed by atoms with Gasteiger partial charge in [-0.2, -0.15) is 5.26 Å². The van der Waals surface area contributed by atoms with E-state index in [4.69, 9.17) is 9.47 Å². The number of nitrogens with zero attached hydrogens (tertiary/aromatic N) is 3. The van der Waals surface area contributed by atoms with Crippen LogP contribution in [0.5, 0.6) is 11.5 Å². The third kappa shape index (κ3) is 3.30. The second-order valence-corrected chi connectivity index (χ2v) is 11.7. The second kappa shape index (κ2) is 7.67. The average molecular weight is 490 g/mol. The number of hydrogen-bond donors (Lipinski definition) is 0. The molecule has 0 bridgehead atoms. The van der Waals surface area contributed by atoms with Crippen LogP contribution >= 0.6 is 23.5 Å². The number of ether oxygens (including phenoxy) is 2. The first-order chi connectivity index (χ1) is 15.4. The van der Waals surface area contributed by atoms with Crippen molar-refractivity contribution in [2.24, 2.45) is 5.41 Å². The zero-order valence-electron chi connectivity index (χ0n) is 18.8. The van der Waals surface area contributed by atoms with Crippen LogP contribution in [0.3, 0.4) is 0 Å². The molecule has 0 radical (unpaired) electrons. The maximum Gasteiger partial charge on any atom is 0.261 e. The van der Waals surface area contributed by atoms with E-state index in [1.54, 1.807) is 25.1 Å². The topological polar surface area (TPSA) is 117 Å². The zero-order chi connectivity index (χ0) is 24.3. The summed E-state index contributed by atoms with van der Waals surface area (Å²) >= 11 is 1.49. The maximum atomic E-state index is 14.1. The Hall–Kier alpha value is -2.71. The molecule has 2 saturated heterocycles. The van der Waals surface area contributed by atoms with Crippen molar-refractivity contribution in [3.05, 3.63) is 23.8 Å². The molecule has 2 fully saturated rings. The lowest BCUT2D eigenvalue weighted by molar-refractivity contribution is -0.163. The van der Waals surface area contributed by atoms with Crippen molar-refractivity contribution < 1.29 is 28.7 Å². The van der Waals surface area contributed by atoms with Gasteiger partial charge >= 0.3 is 0 Å². The van der Waals surface area contributed by atoms with Gasteiger partial charge in [0, 0.05) is 27.3 Å². The van der Waals surface area contributed by atoms with Crippen LogP contribution in [0, 0.1) is 16.7 Å². The first kappa shape index (κ1) is 23.4. The number of nitriles is 1. The number of carbonyl (C=O) groups excluding carboxylic acids is 4. The minimum absolute atomic E-state index is 0.0460. The lowest BCUT2D eigenvalue weighted by atomic mass is 9.79.